The molecule has 1 amide bonds. The predicted octanol–water partition coefficient (Wildman–Crippen LogP) is 3.81. The Morgan fingerprint density at radius 3 is 2.96 bits per heavy atom. The summed E-state index contributed by atoms with van der Waals surface area (Å²) in [6.07, 6.45) is 2.35. The molecule has 0 aromatic carbocycles. The second-order valence-corrected chi connectivity index (χ2v) is 8.56. The second-order valence-electron chi connectivity index (χ2n) is 4.66. The van der Waals surface area contributed by atoms with Crippen LogP contribution in [0.5, 0.6) is 0 Å². The fraction of sp³-hybridized carbons (Fsp3) is 0.214. The highest BCUT2D eigenvalue weighted by Gasteiger charge is 2.19. The number of carbonyl (C=O) groups excluding carboxylic acids is 1. The number of hydrogen-bond acceptors (Lipinski definition) is 6. The third-order valence-corrected chi connectivity index (χ3v) is 6.83. The number of hydrogen-bond donors (Lipinski definition) is 2. The number of carboxylic acids is 1. The molecule has 9 heteroatoms. The van der Waals surface area contributed by atoms with Crippen LogP contribution in [0.25, 0.3) is 16.6 Å². The van der Waals surface area contributed by atoms with Gasteiger partial charge in [0.05, 0.1) is 27.8 Å². The van der Waals surface area contributed by atoms with Gasteiger partial charge in [-0.15, -0.1) is 22.7 Å². The Morgan fingerprint density at radius 1 is 1.52 bits per heavy atom. The van der Waals surface area contributed by atoms with E-state index in [1.54, 1.807) is 11.3 Å². The Bertz CT molecular complexity index is 797. The van der Waals surface area contributed by atoms with Crippen LogP contribution in [0.1, 0.15) is 16.3 Å². The molecule has 0 unspecified atom stereocenters. The first-order valence-corrected chi connectivity index (χ1v) is 10.1. The molecule has 1 saturated heterocycles. The van der Waals surface area contributed by atoms with Crippen LogP contribution in [0.3, 0.4) is 0 Å². The third-order valence-electron chi connectivity index (χ3n) is 2.99. The number of carbonyl (C=O) groups is 2. The van der Waals surface area contributed by atoms with Crippen LogP contribution >= 0.6 is 50.4 Å². The minimum absolute atomic E-state index is 0.00914. The Labute approximate surface area is 153 Å². The minimum atomic E-state index is -0.826. The molecule has 0 atom stereocenters. The lowest BCUT2D eigenvalue weighted by molar-refractivity contribution is -0.136. The normalized spacial score (nSPS) is 16.0. The molecule has 1 aliphatic heterocycles. The van der Waals surface area contributed by atoms with Gasteiger partial charge in [-0.25, -0.2) is 4.98 Å². The van der Waals surface area contributed by atoms with Crippen LogP contribution in [0.15, 0.2) is 20.9 Å². The van der Waals surface area contributed by atoms with Gasteiger partial charge >= 0.3 is 5.97 Å². The van der Waals surface area contributed by atoms with Gasteiger partial charge in [0.2, 0.25) is 5.91 Å². The van der Waals surface area contributed by atoms with Crippen molar-refractivity contribution in [3.05, 3.63) is 30.8 Å². The Kier molecular flexibility index (Phi) is 5.20. The largest absolute Gasteiger partial charge is 0.481 e. The number of thioether (sulfide) groups is 1. The molecule has 0 bridgehead atoms. The lowest BCUT2D eigenvalue weighted by atomic mass is 10.2. The molecule has 120 valence electrons. The number of rotatable bonds is 5. The lowest BCUT2D eigenvalue weighted by Gasteiger charge is -1.99. The van der Waals surface area contributed by atoms with Gasteiger partial charge in [-0.2, -0.15) is 0 Å². The van der Waals surface area contributed by atoms with Gasteiger partial charge in [0.25, 0.3) is 0 Å². The van der Waals surface area contributed by atoms with Gasteiger partial charge in [-0.05, 0) is 33.8 Å². The van der Waals surface area contributed by atoms with E-state index in [4.69, 9.17) is 5.11 Å². The average Bonchev–Trinajstić information content (AvgIpc) is 3.18. The van der Waals surface area contributed by atoms with E-state index in [0.29, 0.717) is 12.2 Å². The molecule has 0 aliphatic carbocycles. The Morgan fingerprint density at radius 2 is 2.35 bits per heavy atom. The number of aromatic nitrogens is 1. The van der Waals surface area contributed by atoms with Crippen LogP contribution in [0.4, 0.5) is 0 Å². The van der Waals surface area contributed by atoms with Crippen molar-refractivity contribution in [2.45, 2.75) is 12.8 Å². The number of halogens is 1. The molecule has 5 nitrogen and oxygen atoms in total. The molecule has 3 rings (SSSR count). The van der Waals surface area contributed by atoms with E-state index in [1.807, 2.05) is 17.5 Å². The fourth-order valence-corrected chi connectivity index (χ4v) is 5.47. The van der Waals surface area contributed by atoms with E-state index in [0.717, 1.165) is 30.0 Å². The average molecular weight is 431 g/mol. The maximum Gasteiger partial charge on any atom is 0.303 e. The third kappa shape index (κ3) is 4.03. The van der Waals surface area contributed by atoms with Crippen molar-refractivity contribution in [3.8, 4) is 10.6 Å². The fourth-order valence-electron chi connectivity index (χ4n) is 2.00. The highest BCUT2D eigenvalue weighted by molar-refractivity contribution is 9.10. The molecule has 1 aliphatic rings. The zero-order chi connectivity index (χ0) is 16.4. The summed E-state index contributed by atoms with van der Waals surface area (Å²) in [5, 5.41) is 15.2. The first kappa shape index (κ1) is 16.7. The monoisotopic (exact) mass is 430 g/mol. The predicted molar refractivity (Wildman–Crippen MR) is 97.7 cm³/mol. The number of amides is 1. The van der Waals surface area contributed by atoms with Crippen molar-refractivity contribution in [1.82, 2.24) is 10.3 Å². The van der Waals surface area contributed by atoms with Gasteiger partial charge in [-0.1, -0.05) is 11.8 Å². The van der Waals surface area contributed by atoms with Crippen LogP contribution < -0.4 is 5.32 Å². The standard InChI is InChI=1S/C14H11BrN2O3S3/c15-7-3-4-21-14(7)13-8(1-2-12(19)20)23-11(17-13)5-10-16-9(18)6-22-10/h3-5H,1-2,6H2,(H,16,18)(H,19,20)/b10-5+. The molecule has 2 aromatic heterocycles. The maximum atomic E-state index is 11.3. The van der Waals surface area contributed by atoms with Gasteiger partial charge < -0.3 is 10.4 Å². The number of nitrogens with zero attached hydrogens (tertiary/aromatic N) is 1. The van der Waals surface area contributed by atoms with Crippen molar-refractivity contribution in [2.75, 3.05) is 5.75 Å². The zero-order valence-electron chi connectivity index (χ0n) is 11.7. The zero-order valence-corrected chi connectivity index (χ0v) is 15.7. The molecule has 23 heavy (non-hydrogen) atoms. The summed E-state index contributed by atoms with van der Waals surface area (Å²) in [5.74, 6) is -0.412. The maximum absolute atomic E-state index is 11.3. The summed E-state index contributed by atoms with van der Waals surface area (Å²) in [6, 6.07) is 1.95. The summed E-state index contributed by atoms with van der Waals surface area (Å²) in [7, 11) is 0. The van der Waals surface area contributed by atoms with Crippen molar-refractivity contribution < 1.29 is 14.7 Å². The van der Waals surface area contributed by atoms with Gasteiger partial charge in [0, 0.05) is 15.4 Å². The SMILES string of the molecule is O=C(O)CCc1sc(/C=C2\NC(=O)CS2)nc1-c1sccc1Br. The topological polar surface area (TPSA) is 79.3 Å². The quantitative estimate of drug-likeness (QED) is 0.753. The first-order chi connectivity index (χ1) is 11.0. The Hall–Kier alpha value is -1.16. The summed E-state index contributed by atoms with van der Waals surface area (Å²) < 4.78 is 0.951. The minimum Gasteiger partial charge on any atom is -0.481 e. The summed E-state index contributed by atoms with van der Waals surface area (Å²) in [4.78, 5) is 28.7. The van der Waals surface area contributed by atoms with Crippen molar-refractivity contribution in [1.29, 1.82) is 0 Å². The molecular weight excluding hydrogens is 420 g/mol. The summed E-state index contributed by atoms with van der Waals surface area (Å²) >= 11 is 7.98. The number of thiazole rings is 1. The highest BCUT2D eigenvalue weighted by Crippen LogP contribution is 2.38. The summed E-state index contributed by atoms with van der Waals surface area (Å²) in [5.41, 5.74) is 0.819. The van der Waals surface area contributed by atoms with E-state index in [1.165, 1.54) is 23.1 Å². The summed E-state index contributed by atoms with van der Waals surface area (Å²) in [6.45, 7) is 0. The highest BCUT2D eigenvalue weighted by atomic mass is 79.9. The second kappa shape index (κ2) is 7.16. The molecule has 0 spiro atoms. The van der Waals surface area contributed by atoms with E-state index in [9.17, 15) is 9.59 Å². The smallest absolute Gasteiger partial charge is 0.303 e. The number of carboxylic acid groups (broad SMARTS) is 1. The molecule has 2 aromatic rings. The number of aryl methyl sites for hydroxylation is 1. The lowest BCUT2D eigenvalue weighted by Crippen LogP contribution is -2.13. The van der Waals surface area contributed by atoms with Crippen LogP contribution in [-0.4, -0.2) is 27.7 Å². The molecule has 0 radical (unpaired) electrons. The Balaban J connectivity index is 1.94. The van der Waals surface area contributed by atoms with Crippen LogP contribution in [-0.2, 0) is 16.0 Å². The number of nitrogens with one attached hydrogen (secondary N) is 1. The molecular formula is C14H11BrN2O3S3. The van der Waals surface area contributed by atoms with Gasteiger partial charge in [-0.3, -0.25) is 9.59 Å². The van der Waals surface area contributed by atoms with Crippen molar-refractivity contribution in [2.24, 2.45) is 0 Å². The van der Waals surface area contributed by atoms with E-state index >= 15 is 0 Å². The number of thiophene rings is 1. The van der Waals surface area contributed by atoms with E-state index < -0.39 is 5.97 Å². The van der Waals surface area contributed by atoms with Crippen LogP contribution in [0.2, 0.25) is 0 Å². The van der Waals surface area contributed by atoms with E-state index in [-0.39, 0.29) is 12.3 Å². The molecule has 2 N–H and O–H groups in total. The first-order valence-electron chi connectivity index (χ1n) is 6.62. The van der Waals surface area contributed by atoms with Crippen LogP contribution in [0, 0.1) is 0 Å². The van der Waals surface area contributed by atoms with Gasteiger partial charge in [0.15, 0.2) is 0 Å². The van der Waals surface area contributed by atoms with Gasteiger partial charge in [0.1, 0.15) is 5.01 Å². The molecule has 1 fully saturated rings. The number of aliphatic carboxylic acids is 1. The van der Waals surface area contributed by atoms with E-state index in [2.05, 4.69) is 26.2 Å². The molecule has 0 saturated carbocycles. The van der Waals surface area contributed by atoms with Crippen molar-refractivity contribution >= 4 is 68.3 Å². The van der Waals surface area contributed by atoms with Crippen molar-refractivity contribution in [3.63, 3.8) is 0 Å². The molecule has 3 heterocycles.